The molecule has 1 aromatic rings. The van der Waals surface area contributed by atoms with Crippen LogP contribution in [0.1, 0.15) is 37.7 Å². The first-order valence-corrected chi connectivity index (χ1v) is 6.69. The highest BCUT2D eigenvalue weighted by molar-refractivity contribution is 5.93. The van der Waals surface area contributed by atoms with Crippen molar-refractivity contribution in [2.75, 3.05) is 18.5 Å². The zero-order valence-electron chi connectivity index (χ0n) is 11.7. The fourth-order valence-corrected chi connectivity index (χ4v) is 2.19. The van der Waals surface area contributed by atoms with E-state index < -0.39 is 0 Å². The highest BCUT2D eigenvalue weighted by Gasteiger charge is 2.38. The summed E-state index contributed by atoms with van der Waals surface area (Å²) in [6, 6.07) is 3.62. The van der Waals surface area contributed by atoms with Crippen molar-refractivity contribution in [2.24, 2.45) is 0 Å². The van der Waals surface area contributed by atoms with Gasteiger partial charge in [-0.05, 0) is 39.3 Å². The molecule has 0 saturated carbocycles. The van der Waals surface area contributed by atoms with E-state index >= 15 is 0 Å². The molecular formula is C14H21N3O2. The highest BCUT2D eigenvalue weighted by atomic mass is 16.5. The summed E-state index contributed by atoms with van der Waals surface area (Å²) in [5.41, 5.74) is 1.02. The van der Waals surface area contributed by atoms with E-state index in [1.54, 1.807) is 12.3 Å². The van der Waals surface area contributed by atoms with Crippen LogP contribution in [0, 0.1) is 0 Å². The van der Waals surface area contributed by atoms with Crippen LogP contribution in [0.2, 0.25) is 0 Å². The number of rotatable bonds is 4. The second kappa shape index (κ2) is 5.57. The van der Waals surface area contributed by atoms with E-state index in [2.05, 4.69) is 15.6 Å². The lowest BCUT2D eigenvalue weighted by atomic mass is 9.94. The predicted octanol–water partition coefficient (Wildman–Crippen LogP) is 1.81. The quantitative estimate of drug-likeness (QED) is 0.869. The number of nitrogens with zero attached hydrogens (tertiary/aromatic N) is 1. The first-order valence-electron chi connectivity index (χ1n) is 6.69. The monoisotopic (exact) mass is 263 g/mol. The number of ether oxygens (including phenoxy) is 1. The summed E-state index contributed by atoms with van der Waals surface area (Å²) >= 11 is 0. The Balaban J connectivity index is 2.09. The molecule has 0 bridgehead atoms. The number of hydrogen-bond acceptors (Lipinski definition) is 4. The molecule has 0 radical (unpaired) electrons. The number of amides is 1. The van der Waals surface area contributed by atoms with Crippen LogP contribution >= 0.6 is 0 Å². The molecule has 0 aromatic carbocycles. The molecule has 1 aliphatic heterocycles. The van der Waals surface area contributed by atoms with E-state index in [9.17, 15) is 4.79 Å². The first-order chi connectivity index (χ1) is 9.05. The Kier molecular flexibility index (Phi) is 4.04. The molecule has 2 heterocycles. The van der Waals surface area contributed by atoms with Crippen LogP contribution in [-0.4, -0.2) is 35.7 Å². The smallest absolute Gasteiger partial charge is 0.270 e. The van der Waals surface area contributed by atoms with Gasteiger partial charge in [0, 0.05) is 25.0 Å². The molecule has 5 heteroatoms. The zero-order chi connectivity index (χ0) is 13.9. The van der Waals surface area contributed by atoms with E-state index in [4.69, 9.17) is 4.74 Å². The average molecular weight is 263 g/mol. The van der Waals surface area contributed by atoms with Gasteiger partial charge in [0.05, 0.1) is 11.6 Å². The summed E-state index contributed by atoms with van der Waals surface area (Å²) < 4.78 is 5.52. The Morgan fingerprint density at radius 1 is 1.63 bits per heavy atom. The van der Waals surface area contributed by atoms with Crippen LogP contribution in [0.15, 0.2) is 18.3 Å². The van der Waals surface area contributed by atoms with Crippen LogP contribution in [0.4, 0.5) is 5.69 Å². The van der Waals surface area contributed by atoms with Crippen LogP contribution in [0.25, 0.3) is 0 Å². The molecule has 1 aliphatic rings. The van der Waals surface area contributed by atoms with Crippen molar-refractivity contribution in [3.8, 4) is 0 Å². The first kappa shape index (κ1) is 13.8. The second-order valence-corrected chi connectivity index (χ2v) is 5.09. The van der Waals surface area contributed by atoms with E-state index in [1.807, 2.05) is 26.8 Å². The number of carbonyl (C=O) groups is 1. The Morgan fingerprint density at radius 2 is 2.42 bits per heavy atom. The molecule has 0 aliphatic carbocycles. The van der Waals surface area contributed by atoms with Crippen molar-refractivity contribution >= 4 is 11.6 Å². The summed E-state index contributed by atoms with van der Waals surface area (Å²) in [4.78, 5) is 16.4. The average Bonchev–Trinajstić information content (AvgIpc) is 2.70. The van der Waals surface area contributed by atoms with E-state index in [0.717, 1.165) is 18.7 Å². The third-order valence-electron chi connectivity index (χ3n) is 3.66. The molecule has 2 unspecified atom stereocenters. The molecule has 0 spiro atoms. The normalized spacial score (nSPS) is 26.2. The van der Waals surface area contributed by atoms with Gasteiger partial charge in [-0.1, -0.05) is 0 Å². The Morgan fingerprint density at radius 3 is 3.05 bits per heavy atom. The number of nitrogens with one attached hydrogen (secondary N) is 2. The van der Waals surface area contributed by atoms with Crippen LogP contribution in [0.5, 0.6) is 0 Å². The van der Waals surface area contributed by atoms with Crippen molar-refractivity contribution < 1.29 is 9.53 Å². The molecule has 2 rings (SSSR count). The minimum Gasteiger partial charge on any atom is -0.385 e. The topological polar surface area (TPSA) is 63.2 Å². The van der Waals surface area contributed by atoms with Gasteiger partial charge in [0.1, 0.15) is 5.69 Å². The van der Waals surface area contributed by atoms with E-state index in [0.29, 0.717) is 12.3 Å². The maximum atomic E-state index is 12.3. The lowest BCUT2D eigenvalue weighted by Gasteiger charge is -2.28. The minimum absolute atomic E-state index is 0.0217. The minimum atomic E-state index is -0.313. The third kappa shape index (κ3) is 3.04. The maximum Gasteiger partial charge on any atom is 0.270 e. The van der Waals surface area contributed by atoms with Gasteiger partial charge in [-0.25, -0.2) is 0 Å². The van der Waals surface area contributed by atoms with Gasteiger partial charge >= 0.3 is 0 Å². The number of hydrogen-bond donors (Lipinski definition) is 2. The molecule has 1 saturated heterocycles. The summed E-state index contributed by atoms with van der Waals surface area (Å²) in [7, 11) is 0. The van der Waals surface area contributed by atoms with Crippen LogP contribution in [-0.2, 0) is 4.74 Å². The Bertz CT molecular complexity index is 464. The molecule has 1 fully saturated rings. The second-order valence-electron chi connectivity index (χ2n) is 5.09. The predicted molar refractivity (Wildman–Crippen MR) is 74.3 cm³/mol. The lowest BCUT2D eigenvalue weighted by molar-refractivity contribution is 0.0724. The van der Waals surface area contributed by atoms with Gasteiger partial charge in [-0.15, -0.1) is 0 Å². The summed E-state index contributed by atoms with van der Waals surface area (Å²) in [5, 5.41) is 6.21. The summed E-state index contributed by atoms with van der Waals surface area (Å²) in [6.45, 7) is 7.50. The van der Waals surface area contributed by atoms with Crippen molar-refractivity contribution in [1.82, 2.24) is 10.3 Å². The van der Waals surface area contributed by atoms with Crippen molar-refractivity contribution in [1.29, 1.82) is 0 Å². The third-order valence-corrected chi connectivity index (χ3v) is 3.66. The fourth-order valence-electron chi connectivity index (χ4n) is 2.19. The van der Waals surface area contributed by atoms with Gasteiger partial charge in [-0.3, -0.25) is 9.78 Å². The molecule has 104 valence electrons. The van der Waals surface area contributed by atoms with E-state index in [1.165, 1.54) is 0 Å². The maximum absolute atomic E-state index is 12.3. The largest absolute Gasteiger partial charge is 0.385 e. The van der Waals surface area contributed by atoms with Gasteiger partial charge in [0.2, 0.25) is 0 Å². The van der Waals surface area contributed by atoms with E-state index in [-0.39, 0.29) is 17.6 Å². The number of anilines is 1. The Hall–Kier alpha value is -1.62. The van der Waals surface area contributed by atoms with Gasteiger partial charge < -0.3 is 15.4 Å². The summed E-state index contributed by atoms with van der Waals surface area (Å²) in [6.07, 6.45) is 2.49. The van der Waals surface area contributed by atoms with Gasteiger partial charge in [-0.2, -0.15) is 0 Å². The standard InChI is InChI=1S/C14H21N3O2/c1-4-15-11-5-7-16-12(9-11)13(18)17-14(3)6-8-19-10(14)2/h5,7,9-10H,4,6,8H2,1-3H3,(H,15,16)(H,17,18). The summed E-state index contributed by atoms with van der Waals surface area (Å²) in [5.74, 6) is -0.153. The Labute approximate surface area is 113 Å². The van der Waals surface area contributed by atoms with Crippen molar-refractivity contribution in [3.63, 3.8) is 0 Å². The molecule has 2 atom stereocenters. The van der Waals surface area contributed by atoms with Crippen molar-refractivity contribution in [2.45, 2.75) is 38.8 Å². The van der Waals surface area contributed by atoms with Crippen LogP contribution in [0.3, 0.4) is 0 Å². The highest BCUT2D eigenvalue weighted by Crippen LogP contribution is 2.25. The molecule has 2 N–H and O–H groups in total. The fraction of sp³-hybridized carbons (Fsp3) is 0.571. The number of carbonyl (C=O) groups excluding carboxylic acids is 1. The molecule has 1 aromatic heterocycles. The zero-order valence-corrected chi connectivity index (χ0v) is 11.7. The molecule has 5 nitrogen and oxygen atoms in total. The van der Waals surface area contributed by atoms with Crippen molar-refractivity contribution in [3.05, 3.63) is 24.0 Å². The van der Waals surface area contributed by atoms with Gasteiger partial charge in [0.15, 0.2) is 0 Å². The lowest BCUT2D eigenvalue weighted by Crippen LogP contribution is -2.50. The molecule has 19 heavy (non-hydrogen) atoms. The van der Waals surface area contributed by atoms with Gasteiger partial charge in [0.25, 0.3) is 5.91 Å². The number of pyridine rings is 1. The molecular weight excluding hydrogens is 242 g/mol. The van der Waals surface area contributed by atoms with Crippen LogP contribution < -0.4 is 10.6 Å². The number of aromatic nitrogens is 1. The molecule has 1 amide bonds. The SMILES string of the molecule is CCNc1ccnc(C(=O)NC2(C)CCOC2C)c1.